The molecular weight excluding hydrogens is 410 g/mol. The third kappa shape index (κ3) is 4.92. The lowest BCUT2D eigenvalue weighted by molar-refractivity contribution is 0.102. The number of nitrogens with one attached hydrogen (secondary N) is 1. The van der Waals surface area contributed by atoms with E-state index in [4.69, 9.17) is 4.74 Å². The van der Waals surface area contributed by atoms with Gasteiger partial charge in [0.05, 0.1) is 21.7 Å². The Labute approximate surface area is 174 Å². The van der Waals surface area contributed by atoms with Gasteiger partial charge < -0.3 is 4.74 Å². The number of carbonyl (C=O) groups excluding carboxylic acids is 1. The summed E-state index contributed by atoms with van der Waals surface area (Å²) in [5.74, 6) is 0.347. The van der Waals surface area contributed by atoms with E-state index < -0.39 is 10.0 Å². The molecule has 3 rings (SSSR count). The van der Waals surface area contributed by atoms with E-state index in [2.05, 4.69) is 17.2 Å². The monoisotopic (exact) mass is 433 g/mol. The molecule has 0 fully saturated rings. The summed E-state index contributed by atoms with van der Waals surface area (Å²) in [6.45, 7) is 2.70. The molecule has 0 aliphatic rings. The predicted octanol–water partition coefficient (Wildman–Crippen LogP) is 3.98. The molecule has 2 aromatic carbocycles. The van der Waals surface area contributed by atoms with Gasteiger partial charge in [-0.15, -0.1) is 0 Å². The SMILES string of the molecule is CCCCOc1cccc(C(=O)Nc2nc3ccc(S(=O)(=O)N(C)C)cc3s2)c1. The standard InChI is InChI=1S/C20H23N3O4S2/c1-4-5-11-27-15-8-6-7-14(12-15)19(24)22-20-21-17-10-9-16(13-18(17)28-20)29(25,26)23(2)3/h6-10,12-13H,4-5,11H2,1-3H3,(H,21,22,24). The van der Waals surface area contributed by atoms with E-state index >= 15 is 0 Å². The van der Waals surface area contributed by atoms with Crippen molar-refractivity contribution in [3.63, 3.8) is 0 Å². The molecule has 0 aliphatic carbocycles. The van der Waals surface area contributed by atoms with Crippen LogP contribution in [0, 0.1) is 0 Å². The van der Waals surface area contributed by atoms with Gasteiger partial charge >= 0.3 is 0 Å². The van der Waals surface area contributed by atoms with Gasteiger partial charge in [-0.05, 0) is 42.8 Å². The fourth-order valence-electron chi connectivity index (χ4n) is 2.56. The highest BCUT2D eigenvalue weighted by Gasteiger charge is 2.19. The zero-order valence-electron chi connectivity index (χ0n) is 16.5. The number of hydrogen-bond acceptors (Lipinski definition) is 6. The second-order valence-electron chi connectivity index (χ2n) is 6.62. The average Bonchev–Trinajstić information content (AvgIpc) is 3.09. The summed E-state index contributed by atoms with van der Waals surface area (Å²) < 4.78 is 32.1. The van der Waals surface area contributed by atoms with Crippen molar-refractivity contribution in [1.29, 1.82) is 0 Å². The van der Waals surface area contributed by atoms with Crippen molar-refractivity contribution in [1.82, 2.24) is 9.29 Å². The average molecular weight is 434 g/mol. The molecule has 0 bridgehead atoms. The molecule has 0 unspecified atom stereocenters. The molecule has 0 spiro atoms. The molecule has 0 saturated carbocycles. The molecule has 1 amide bonds. The van der Waals surface area contributed by atoms with Crippen LogP contribution in [-0.4, -0.2) is 44.3 Å². The van der Waals surface area contributed by atoms with E-state index in [1.807, 2.05) is 6.07 Å². The first kappa shape index (κ1) is 21.2. The van der Waals surface area contributed by atoms with Crippen LogP contribution in [0.5, 0.6) is 5.75 Å². The highest BCUT2D eigenvalue weighted by atomic mass is 32.2. The van der Waals surface area contributed by atoms with Crippen molar-refractivity contribution >= 4 is 42.6 Å². The van der Waals surface area contributed by atoms with E-state index in [0.717, 1.165) is 17.1 Å². The number of fused-ring (bicyclic) bond motifs is 1. The molecule has 1 aromatic heterocycles. The lowest BCUT2D eigenvalue weighted by Crippen LogP contribution is -2.22. The molecule has 0 aliphatic heterocycles. The highest BCUT2D eigenvalue weighted by molar-refractivity contribution is 7.89. The number of thiazole rings is 1. The van der Waals surface area contributed by atoms with Gasteiger partial charge in [-0.2, -0.15) is 0 Å². The quantitative estimate of drug-likeness (QED) is 0.543. The minimum atomic E-state index is -3.53. The summed E-state index contributed by atoms with van der Waals surface area (Å²) in [7, 11) is -0.561. The number of hydrogen-bond donors (Lipinski definition) is 1. The topological polar surface area (TPSA) is 88.6 Å². The van der Waals surface area contributed by atoms with Gasteiger partial charge in [0.2, 0.25) is 10.0 Å². The van der Waals surface area contributed by atoms with Gasteiger partial charge in [-0.1, -0.05) is 30.7 Å². The third-order valence-electron chi connectivity index (χ3n) is 4.22. The molecule has 9 heteroatoms. The number of nitrogens with zero attached hydrogens (tertiary/aromatic N) is 2. The fraction of sp³-hybridized carbons (Fsp3) is 0.300. The number of rotatable bonds is 8. The molecule has 0 radical (unpaired) electrons. The Bertz CT molecular complexity index is 1120. The van der Waals surface area contributed by atoms with E-state index in [9.17, 15) is 13.2 Å². The van der Waals surface area contributed by atoms with Crippen LogP contribution in [-0.2, 0) is 10.0 Å². The Morgan fingerprint density at radius 1 is 1.21 bits per heavy atom. The summed E-state index contributed by atoms with van der Waals surface area (Å²) >= 11 is 1.23. The van der Waals surface area contributed by atoms with Gasteiger partial charge in [-0.25, -0.2) is 17.7 Å². The first-order valence-electron chi connectivity index (χ1n) is 9.18. The maximum Gasteiger partial charge on any atom is 0.257 e. The van der Waals surface area contributed by atoms with E-state index in [1.54, 1.807) is 30.3 Å². The minimum Gasteiger partial charge on any atom is -0.494 e. The first-order valence-corrected chi connectivity index (χ1v) is 11.4. The van der Waals surface area contributed by atoms with Crippen molar-refractivity contribution in [2.75, 3.05) is 26.0 Å². The molecule has 29 heavy (non-hydrogen) atoms. The van der Waals surface area contributed by atoms with Gasteiger partial charge in [0.15, 0.2) is 5.13 Å². The molecule has 3 aromatic rings. The molecule has 154 valence electrons. The number of amides is 1. The lowest BCUT2D eigenvalue weighted by Gasteiger charge is -2.10. The summed E-state index contributed by atoms with van der Waals surface area (Å²) in [4.78, 5) is 17.2. The highest BCUT2D eigenvalue weighted by Crippen LogP contribution is 2.29. The number of ether oxygens (including phenoxy) is 1. The van der Waals surface area contributed by atoms with Crippen LogP contribution < -0.4 is 10.1 Å². The smallest absolute Gasteiger partial charge is 0.257 e. The second kappa shape index (κ2) is 8.89. The Balaban J connectivity index is 1.78. The van der Waals surface area contributed by atoms with Crippen molar-refractivity contribution in [3.8, 4) is 5.75 Å². The van der Waals surface area contributed by atoms with Crippen LogP contribution in [0.4, 0.5) is 5.13 Å². The number of unbranched alkanes of at least 4 members (excludes halogenated alkanes) is 1. The van der Waals surface area contributed by atoms with Crippen molar-refractivity contribution in [2.24, 2.45) is 0 Å². The van der Waals surface area contributed by atoms with Crippen LogP contribution in [0.1, 0.15) is 30.1 Å². The number of anilines is 1. The third-order valence-corrected chi connectivity index (χ3v) is 6.97. The summed E-state index contributed by atoms with van der Waals surface area (Å²) in [5, 5.41) is 3.18. The van der Waals surface area contributed by atoms with Gasteiger partial charge in [0.25, 0.3) is 5.91 Å². The van der Waals surface area contributed by atoms with Gasteiger partial charge in [-0.3, -0.25) is 10.1 Å². The summed E-state index contributed by atoms with van der Waals surface area (Å²) in [6, 6.07) is 11.7. The molecular formula is C20H23N3O4S2. The van der Waals surface area contributed by atoms with Crippen LogP contribution in [0.15, 0.2) is 47.4 Å². The van der Waals surface area contributed by atoms with Crippen molar-refractivity contribution < 1.29 is 17.9 Å². The van der Waals surface area contributed by atoms with Crippen molar-refractivity contribution in [3.05, 3.63) is 48.0 Å². The maximum absolute atomic E-state index is 12.6. The zero-order chi connectivity index (χ0) is 21.0. The van der Waals surface area contributed by atoms with E-state index in [1.165, 1.54) is 31.5 Å². The largest absolute Gasteiger partial charge is 0.494 e. The maximum atomic E-state index is 12.6. The first-order chi connectivity index (χ1) is 13.8. The Hall–Kier alpha value is -2.49. The van der Waals surface area contributed by atoms with Crippen LogP contribution >= 0.6 is 11.3 Å². The second-order valence-corrected chi connectivity index (χ2v) is 9.80. The Morgan fingerprint density at radius 2 is 2.00 bits per heavy atom. The van der Waals surface area contributed by atoms with Crippen molar-refractivity contribution in [2.45, 2.75) is 24.7 Å². The van der Waals surface area contributed by atoms with E-state index in [-0.39, 0.29) is 10.8 Å². The van der Waals surface area contributed by atoms with Crippen LogP contribution in [0.2, 0.25) is 0 Å². The fourth-order valence-corrected chi connectivity index (χ4v) is 4.46. The molecule has 0 atom stereocenters. The number of benzene rings is 2. The van der Waals surface area contributed by atoms with E-state index in [0.29, 0.717) is 33.3 Å². The van der Waals surface area contributed by atoms with Gasteiger partial charge in [0, 0.05) is 19.7 Å². The summed E-state index contributed by atoms with van der Waals surface area (Å²) in [6.07, 6.45) is 1.99. The molecule has 1 N–H and O–H groups in total. The zero-order valence-corrected chi connectivity index (χ0v) is 18.1. The molecule has 7 nitrogen and oxygen atoms in total. The van der Waals surface area contributed by atoms with Gasteiger partial charge in [0.1, 0.15) is 5.75 Å². The number of aromatic nitrogens is 1. The molecule has 0 saturated heterocycles. The number of sulfonamides is 1. The minimum absolute atomic E-state index is 0.188. The predicted molar refractivity (Wildman–Crippen MR) is 115 cm³/mol. The normalized spacial score (nSPS) is 11.7. The molecule has 1 heterocycles. The summed E-state index contributed by atoms with van der Waals surface area (Å²) in [5.41, 5.74) is 1.09. The van der Waals surface area contributed by atoms with Crippen LogP contribution in [0.25, 0.3) is 10.2 Å². The Kier molecular flexibility index (Phi) is 6.51. The lowest BCUT2D eigenvalue weighted by atomic mass is 10.2. The van der Waals surface area contributed by atoms with Crippen LogP contribution in [0.3, 0.4) is 0 Å². The Morgan fingerprint density at radius 3 is 2.72 bits per heavy atom. The number of carbonyl (C=O) groups is 1.